The van der Waals surface area contributed by atoms with E-state index in [9.17, 15) is 4.79 Å². The van der Waals surface area contributed by atoms with Crippen LogP contribution in [0.5, 0.6) is 0 Å². The van der Waals surface area contributed by atoms with Crippen LogP contribution in [0.25, 0.3) is 0 Å². The minimum atomic E-state index is -1.42. The van der Waals surface area contributed by atoms with Gasteiger partial charge in [0.25, 0.3) is 0 Å². The standard InChI is InChI=1S/C2H3BrO3/c3-1(4)2(5)6/h1,4H,(H,5,6). The third kappa shape index (κ3) is 2.17. The molecule has 0 aliphatic heterocycles. The number of aliphatic hydroxyl groups is 1. The van der Waals surface area contributed by atoms with Crippen molar-refractivity contribution in [1.29, 1.82) is 0 Å². The van der Waals surface area contributed by atoms with Crippen molar-refractivity contribution in [2.24, 2.45) is 0 Å². The van der Waals surface area contributed by atoms with Crippen LogP contribution in [-0.2, 0) is 4.79 Å². The lowest BCUT2D eigenvalue weighted by atomic mass is 10.8. The van der Waals surface area contributed by atoms with Crippen LogP contribution in [0, 0.1) is 0 Å². The fourth-order valence-corrected chi connectivity index (χ4v) is 0. The number of carbonyl (C=O) groups is 1. The zero-order valence-electron chi connectivity index (χ0n) is 2.76. The van der Waals surface area contributed by atoms with Crippen molar-refractivity contribution in [1.82, 2.24) is 0 Å². The molecule has 0 aliphatic rings. The predicted molar refractivity (Wildman–Crippen MR) is 22.6 cm³/mol. The van der Waals surface area contributed by atoms with E-state index in [0.717, 1.165) is 0 Å². The fraction of sp³-hybridized carbons (Fsp3) is 0.500. The lowest BCUT2D eigenvalue weighted by molar-refractivity contribution is -0.141. The van der Waals surface area contributed by atoms with Crippen LogP contribution in [0.4, 0.5) is 0 Å². The molecule has 0 saturated heterocycles. The number of rotatable bonds is 1. The van der Waals surface area contributed by atoms with Crippen LogP contribution < -0.4 is 0 Å². The minimum absolute atomic E-state index is 1.27. The first-order chi connectivity index (χ1) is 2.64. The summed E-state index contributed by atoms with van der Waals surface area (Å²) in [6.45, 7) is 0. The molecule has 0 aromatic carbocycles. The molecule has 0 amide bonds. The number of carboxylic acids is 1. The third-order valence-electron chi connectivity index (χ3n) is 0.204. The maximum atomic E-state index is 9.40. The second-order valence-corrected chi connectivity index (χ2v) is 1.54. The fourth-order valence-electron chi connectivity index (χ4n) is 0. The topological polar surface area (TPSA) is 57.5 Å². The Bertz CT molecular complexity index is 59.8. The van der Waals surface area contributed by atoms with Gasteiger partial charge in [-0.2, -0.15) is 0 Å². The molecule has 0 bridgehead atoms. The Morgan fingerprint density at radius 2 is 2.00 bits per heavy atom. The molecule has 0 aliphatic carbocycles. The SMILES string of the molecule is O=C(O)C(O)Br. The minimum Gasteiger partial charge on any atom is -0.479 e. The largest absolute Gasteiger partial charge is 0.479 e. The molecule has 0 radical (unpaired) electrons. The third-order valence-corrected chi connectivity index (χ3v) is 0.595. The van der Waals surface area contributed by atoms with E-state index in [0.29, 0.717) is 0 Å². The maximum absolute atomic E-state index is 9.40. The molecule has 0 fully saturated rings. The van der Waals surface area contributed by atoms with Gasteiger partial charge >= 0.3 is 5.97 Å². The van der Waals surface area contributed by atoms with Gasteiger partial charge in [-0.1, -0.05) is 0 Å². The Balaban J connectivity index is 3.26. The summed E-state index contributed by atoms with van der Waals surface area (Å²) in [7, 11) is 0. The van der Waals surface area contributed by atoms with Crippen molar-refractivity contribution in [3.63, 3.8) is 0 Å². The number of hydrogen-bond acceptors (Lipinski definition) is 2. The molecule has 3 nitrogen and oxygen atoms in total. The van der Waals surface area contributed by atoms with Crippen LogP contribution in [0.15, 0.2) is 0 Å². The van der Waals surface area contributed by atoms with Gasteiger partial charge < -0.3 is 10.2 Å². The normalized spacial score (nSPS) is 13.7. The van der Waals surface area contributed by atoms with Crippen molar-refractivity contribution in [2.45, 2.75) is 5.01 Å². The zero-order valence-corrected chi connectivity index (χ0v) is 4.34. The Labute approximate surface area is 42.7 Å². The highest BCUT2D eigenvalue weighted by Gasteiger charge is 2.04. The van der Waals surface area contributed by atoms with Crippen LogP contribution in [0.3, 0.4) is 0 Å². The molecule has 0 rings (SSSR count). The van der Waals surface area contributed by atoms with Gasteiger partial charge in [-0.25, -0.2) is 4.79 Å². The Kier molecular flexibility index (Phi) is 2.12. The van der Waals surface area contributed by atoms with Crippen LogP contribution in [-0.4, -0.2) is 21.2 Å². The van der Waals surface area contributed by atoms with Gasteiger partial charge in [0, 0.05) is 0 Å². The van der Waals surface area contributed by atoms with E-state index in [1.807, 2.05) is 0 Å². The number of alkyl halides is 1. The van der Waals surface area contributed by atoms with Gasteiger partial charge in [-0.05, 0) is 15.9 Å². The zero-order chi connectivity index (χ0) is 5.15. The van der Waals surface area contributed by atoms with Crippen molar-refractivity contribution < 1.29 is 15.0 Å². The predicted octanol–water partition coefficient (Wildman–Crippen LogP) is -0.216. The van der Waals surface area contributed by atoms with E-state index in [4.69, 9.17) is 10.2 Å². The van der Waals surface area contributed by atoms with E-state index >= 15 is 0 Å². The van der Waals surface area contributed by atoms with Crippen molar-refractivity contribution in [3.8, 4) is 0 Å². The van der Waals surface area contributed by atoms with Crippen LogP contribution in [0.1, 0.15) is 0 Å². The molecule has 1 atom stereocenters. The molecule has 0 spiro atoms. The van der Waals surface area contributed by atoms with Crippen LogP contribution >= 0.6 is 15.9 Å². The monoisotopic (exact) mass is 154 g/mol. The van der Waals surface area contributed by atoms with Gasteiger partial charge in [0.05, 0.1) is 0 Å². The molecule has 6 heavy (non-hydrogen) atoms. The van der Waals surface area contributed by atoms with E-state index in [1.54, 1.807) is 0 Å². The van der Waals surface area contributed by atoms with E-state index in [-0.39, 0.29) is 0 Å². The summed E-state index contributed by atoms with van der Waals surface area (Å²) in [6, 6.07) is 0. The molecule has 0 aromatic rings. The number of carboxylic acid groups (broad SMARTS) is 1. The lowest BCUT2D eigenvalue weighted by Gasteiger charge is -1.86. The summed E-state index contributed by atoms with van der Waals surface area (Å²) in [6.07, 6.45) is 0. The number of hydrogen-bond donors (Lipinski definition) is 2. The summed E-state index contributed by atoms with van der Waals surface area (Å²) < 4.78 is 0. The van der Waals surface area contributed by atoms with Gasteiger partial charge in [0.15, 0.2) is 0 Å². The van der Waals surface area contributed by atoms with E-state index in [2.05, 4.69) is 15.9 Å². The first-order valence-electron chi connectivity index (χ1n) is 1.19. The van der Waals surface area contributed by atoms with Crippen molar-refractivity contribution in [3.05, 3.63) is 0 Å². The number of aliphatic hydroxyl groups excluding tert-OH is 1. The number of halogens is 1. The van der Waals surface area contributed by atoms with E-state index in [1.165, 1.54) is 0 Å². The smallest absolute Gasteiger partial charge is 0.343 e. The second kappa shape index (κ2) is 2.15. The Morgan fingerprint density at radius 1 is 1.83 bits per heavy atom. The molecule has 2 N–H and O–H groups in total. The summed E-state index contributed by atoms with van der Waals surface area (Å²) >= 11 is 2.39. The Hall–Kier alpha value is -0.0900. The highest BCUT2D eigenvalue weighted by Crippen LogP contribution is 1.89. The van der Waals surface area contributed by atoms with Crippen LogP contribution in [0.2, 0.25) is 0 Å². The molecule has 0 heterocycles. The lowest BCUT2D eigenvalue weighted by Crippen LogP contribution is -2.09. The average molecular weight is 155 g/mol. The molecule has 1 unspecified atom stereocenters. The van der Waals surface area contributed by atoms with E-state index < -0.39 is 11.0 Å². The highest BCUT2D eigenvalue weighted by atomic mass is 79.9. The second-order valence-electron chi connectivity index (χ2n) is 0.674. The summed E-state index contributed by atoms with van der Waals surface area (Å²) in [4.78, 5) is 9.40. The molecule has 0 saturated carbocycles. The van der Waals surface area contributed by atoms with Gasteiger partial charge in [0.2, 0.25) is 5.01 Å². The average Bonchev–Trinajstić information content (AvgIpc) is 1.36. The molecule has 0 aromatic heterocycles. The first-order valence-corrected chi connectivity index (χ1v) is 2.11. The molecular weight excluding hydrogens is 152 g/mol. The maximum Gasteiger partial charge on any atom is 0.343 e. The summed E-state index contributed by atoms with van der Waals surface area (Å²) in [5.74, 6) is -1.27. The summed E-state index contributed by atoms with van der Waals surface area (Å²) in [5.41, 5.74) is 0. The van der Waals surface area contributed by atoms with Gasteiger partial charge in [-0.15, -0.1) is 0 Å². The Morgan fingerprint density at radius 3 is 2.00 bits per heavy atom. The molecular formula is C2H3BrO3. The summed E-state index contributed by atoms with van der Waals surface area (Å²) in [5, 5.41) is 14.2. The molecule has 4 heteroatoms. The van der Waals surface area contributed by atoms with Gasteiger partial charge in [0.1, 0.15) is 0 Å². The quantitative estimate of drug-likeness (QED) is 0.514. The van der Waals surface area contributed by atoms with Crippen molar-refractivity contribution in [2.75, 3.05) is 0 Å². The molecule has 36 valence electrons. The van der Waals surface area contributed by atoms with Crippen molar-refractivity contribution >= 4 is 21.9 Å². The first kappa shape index (κ1) is 5.91. The van der Waals surface area contributed by atoms with Gasteiger partial charge in [-0.3, -0.25) is 0 Å². The number of aliphatic carboxylic acids is 1. The highest BCUT2D eigenvalue weighted by molar-refractivity contribution is 9.09.